The van der Waals surface area contributed by atoms with Gasteiger partial charge < -0.3 is 0 Å². The molecule has 21 heavy (non-hydrogen) atoms. The van der Waals surface area contributed by atoms with Crippen LogP contribution in [0.15, 0.2) is 18.2 Å². The van der Waals surface area contributed by atoms with Crippen LogP contribution in [0.2, 0.25) is 0 Å². The smallest absolute Gasteiger partial charge is 0.0225 e. The normalized spacial score (nSPS) is 13.3. The molecule has 0 N–H and O–H groups in total. The van der Waals surface area contributed by atoms with Crippen molar-refractivity contribution >= 4 is 6.08 Å². The average Bonchev–Trinajstić information content (AvgIpc) is 2.41. The minimum absolute atomic E-state index is 0.837. The predicted octanol–water partition coefficient (Wildman–Crippen LogP) is 6.73. The predicted molar refractivity (Wildman–Crippen MR) is 96.8 cm³/mol. The monoisotopic (exact) mass is 286 g/mol. The molecule has 0 saturated carbocycles. The number of aryl methyl sites for hydroxylation is 3. The molecule has 0 radical (unpaired) electrons. The third kappa shape index (κ3) is 6.50. The van der Waals surface area contributed by atoms with Gasteiger partial charge in [-0.2, -0.15) is 0 Å². The Labute approximate surface area is 132 Å². The summed E-state index contributed by atoms with van der Waals surface area (Å²) in [6.07, 6.45) is 11.1. The second-order valence-electron chi connectivity index (χ2n) is 7.10. The first kappa shape index (κ1) is 18.0. The highest BCUT2D eigenvalue weighted by molar-refractivity contribution is 5.56. The first-order valence-electron chi connectivity index (χ1n) is 8.66. The Morgan fingerprint density at radius 2 is 1.62 bits per heavy atom. The van der Waals surface area contributed by atoms with Crippen molar-refractivity contribution in [1.82, 2.24) is 0 Å². The maximum Gasteiger partial charge on any atom is -0.0225 e. The molecule has 1 aromatic carbocycles. The topological polar surface area (TPSA) is 0 Å². The molecule has 1 atom stereocenters. The highest BCUT2D eigenvalue weighted by Crippen LogP contribution is 2.22. The lowest BCUT2D eigenvalue weighted by Crippen LogP contribution is -2.01. The van der Waals surface area contributed by atoms with E-state index in [2.05, 4.69) is 65.8 Å². The molecule has 1 unspecified atom stereocenters. The molecule has 0 aliphatic carbocycles. The van der Waals surface area contributed by atoms with Gasteiger partial charge in [0.2, 0.25) is 0 Å². The van der Waals surface area contributed by atoms with Crippen LogP contribution in [0.5, 0.6) is 0 Å². The maximum absolute atomic E-state index is 2.41. The molecule has 0 heteroatoms. The van der Waals surface area contributed by atoms with E-state index in [-0.39, 0.29) is 0 Å². The van der Waals surface area contributed by atoms with E-state index in [1.807, 2.05) is 0 Å². The molecule has 1 aromatic rings. The van der Waals surface area contributed by atoms with E-state index in [0.29, 0.717) is 0 Å². The molecule has 0 aromatic heterocycles. The van der Waals surface area contributed by atoms with Crippen molar-refractivity contribution in [3.63, 3.8) is 0 Å². The summed E-state index contributed by atoms with van der Waals surface area (Å²) in [7, 11) is 0. The van der Waals surface area contributed by atoms with Gasteiger partial charge >= 0.3 is 0 Å². The number of hydrogen-bond donors (Lipinski definition) is 0. The third-order valence-corrected chi connectivity index (χ3v) is 4.49. The third-order valence-electron chi connectivity index (χ3n) is 4.49. The molecular formula is C21H34. The first-order chi connectivity index (χ1) is 9.93. The van der Waals surface area contributed by atoms with Crippen molar-refractivity contribution in [2.45, 2.75) is 73.6 Å². The van der Waals surface area contributed by atoms with Crippen molar-refractivity contribution in [3.8, 4) is 0 Å². The minimum atomic E-state index is 0.837. The van der Waals surface area contributed by atoms with Crippen molar-refractivity contribution in [3.05, 3.63) is 40.5 Å². The van der Waals surface area contributed by atoms with Gasteiger partial charge in [-0.05, 0) is 67.7 Å². The fraction of sp³-hybridized carbons (Fsp3) is 0.619. The molecule has 0 amide bonds. The van der Waals surface area contributed by atoms with Crippen molar-refractivity contribution in [1.29, 1.82) is 0 Å². The fourth-order valence-electron chi connectivity index (χ4n) is 2.87. The Kier molecular flexibility index (Phi) is 7.78. The van der Waals surface area contributed by atoms with Gasteiger partial charge in [-0.1, -0.05) is 64.3 Å². The molecule has 0 saturated heterocycles. The van der Waals surface area contributed by atoms with Crippen molar-refractivity contribution in [2.24, 2.45) is 11.8 Å². The van der Waals surface area contributed by atoms with Gasteiger partial charge in [0.05, 0.1) is 0 Å². The summed E-state index contributed by atoms with van der Waals surface area (Å²) in [6, 6.07) is 4.74. The Morgan fingerprint density at radius 1 is 0.952 bits per heavy atom. The van der Waals surface area contributed by atoms with E-state index >= 15 is 0 Å². The Morgan fingerprint density at radius 3 is 2.24 bits per heavy atom. The van der Waals surface area contributed by atoms with Gasteiger partial charge in [0.1, 0.15) is 0 Å². The van der Waals surface area contributed by atoms with Crippen LogP contribution in [0.4, 0.5) is 0 Å². The van der Waals surface area contributed by atoms with E-state index in [4.69, 9.17) is 0 Å². The molecule has 1 rings (SSSR count). The number of benzene rings is 1. The molecule has 0 aliphatic heterocycles. The lowest BCUT2D eigenvalue weighted by Gasteiger charge is -2.15. The van der Waals surface area contributed by atoms with Gasteiger partial charge in [-0.3, -0.25) is 0 Å². The Bertz CT molecular complexity index is 451. The molecule has 0 fully saturated rings. The standard InChI is InChI=1S/C21H34/c1-7-9-20-14-18(5)19(6)15-21(20)13-12-17(4)11-8-10-16(2)3/h7,9,14-17H,8,10-13H2,1-6H3/b9-7+. The van der Waals surface area contributed by atoms with E-state index in [0.717, 1.165) is 11.8 Å². The molecule has 0 nitrogen and oxygen atoms in total. The van der Waals surface area contributed by atoms with Gasteiger partial charge in [0.25, 0.3) is 0 Å². The number of hydrogen-bond acceptors (Lipinski definition) is 0. The van der Waals surface area contributed by atoms with Crippen LogP contribution < -0.4 is 0 Å². The van der Waals surface area contributed by atoms with Gasteiger partial charge in [0, 0.05) is 0 Å². The molecular weight excluding hydrogens is 252 g/mol. The van der Waals surface area contributed by atoms with E-state index < -0.39 is 0 Å². The van der Waals surface area contributed by atoms with Crippen LogP contribution in [0.1, 0.15) is 75.6 Å². The summed E-state index contributed by atoms with van der Waals surface area (Å²) in [5.74, 6) is 1.68. The first-order valence-corrected chi connectivity index (χ1v) is 8.66. The molecule has 0 aliphatic rings. The van der Waals surface area contributed by atoms with Gasteiger partial charge in [-0.25, -0.2) is 0 Å². The Balaban J connectivity index is 2.59. The molecule has 118 valence electrons. The minimum Gasteiger partial charge on any atom is -0.0871 e. The van der Waals surface area contributed by atoms with Crippen LogP contribution in [0, 0.1) is 25.7 Å². The van der Waals surface area contributed by atoms with Crippen LogP contribution in [0.3, 0.4) is 0 Å². The van der Waals surface area contributed by atoms with Crippen LogP contribution in [-0.2, 0) is 6.42 Å². The molecule has 0 spiro atoms. The van der Waals surface area contributed by atoms with E-state index in [1.165, 1.54) is 54.4 Å². The SMILES string of the molecule is C/C=C/c1cc(C)c(C)cc1CCC(C)CCCC(C)C. The fourth-order valence-corrected chi connectivity index (χ4v) is 2.87. The second kappa shape index (κ2) is 9.07. The number of allylic oxidation sites excluding steroid dienone is 1. The highest BCUT2D eigenvalue weighted by Gasteiger charge is 2.07. The summed E-state index contributed by atoms with van der Waals surface area (Å²) < 4.78 is 0. The maximum atomic E-state index is 2.41. The quantitative estimate of drug-likeness (QED) is 0.497. The summed E-state index contributed by atoms with van der Waals surface area (Å²) in [5.41, 5.74) is 5.75. The van der Waals surface area contributed by atoms with Crippen LogP contribution in [0.25, 0.3) is 6.08 Å². The lowest BCUT2D eigenvalue weighted by atomic mass is 9.91. The summed E-state index contributed by atoms with van der Waals surface area (Å²) in [6.45, 7) is 13.6. The highest BCUT2D eigenvalue weighted by atomic mass is 14.1. The van der Waals surface area contributed by atoms with Gasteiger partial charge in [-0.15, -0.1) is 0 Å². The van der Waals surface area contributed by atoms with Crippen LogP contribution in [-0.4, -0.2) is 0 Å². The van der Waals surface area contributed by atoms with Crippen molar-refractivity contribution < 1.29 is 0 Å². The Hall–Kier alpha value is -1.04. The van der Waals surface area contributed by atoms with E-state index in [1.54, 1.807) is 0 Å². The summed E-state index contributed by atoms with van der Waals surface area (Å²) in [4.78, 5) is 0. The zero-order valence-corrected chi connectivity index (χ0v) is 15.0. The summed E-state index contributed by atoms with van der Waals surface area (Å²) >= 11 is 0. The molecule has 0 bridgehead atoms. The molecule has 0 heterocycles. The average molecular weight is 287 g/mol. The summed E-state index contributed by atoms with van der Waals surface area (Å²) in [5, 5.41) is 0. The zero-order valence-electron chi connectivity index (χ0n) is 15.0. The zero-order chi connectivity index (χ0) is 15.8. The van der Waals surface area contributed by atoms with E-state index in [9.17, 15) is 0 Å². The largest absolute Gasteiger partial charge is 0.0871 e. The lowest BCUT2D eigenvalue weighted by molar-refractivity contribution is 0.437. The van der Waals surface area contributed by atoms with Crippen LogP contribution >= 0.6 is 0 Å². The van der Waals surface area contributed by atoms with Crippen molar-refractivity contribution in [2.75, 3.05) is 0 Å². The van der Waals surface area contributed by atoms with Gasteiger partial charge in [0.15, 0.2) is 0 Å². The second-order valence-corrected chi connectivity index (χ2v) is 7.10. The number of rotatable bonds is 8.